The van der Waals surface area contributed by atoms with Gasteiger partial charge in [0.05, 0.1) is 12.7 Å². The molecule has 2 N–H and O–H groups in total. The number of aliphatic imine (C=N–C) groups is 1. The van der Waals surface area contributed by atoms with Crippen LogP contribution < -0.4 is 5.73 Å². The van der Waals surface area contributed by atoms with E-state index in [0.29, 0.717) is 16.7 Å². The van der Waals surface area contributed by atoms with E-state index in [1.807, 2.05) is 13.8 Å². The Hall–Kier alpha value is -1.84. The van der Waals surface area contributed by atoms with Crippen molar-refractivity contribution >= 4 is 12.2 Å². The minimum atomic E-state index is -0.422. The first-order valence-corrected chi connectivity index (χ1v) is 4.79. The van der Waals surface area contributed by atoms with Gasteiger partial charge in [-0.3, -0.25) is 4.99 Å². The molecule has 4 nitrogen and oxygen atoms in total. The van der Waals surface area contributed by atoms with Crippen molar-refractivity contribution in [1.82, 2.24) is 0 Å². The summed E-state index contributed by atoms with van der Waals surface area (Å²) in [6.07, 6.45) is 2.91. The molecule has 16 heavy (non-hydrogen) atoms. The number of esters is 1. The molecule has 88 valence electrons. The van der Waals surface area contributed by atoms with Gasteiger partial charge in [-0.25, -0.2) is 4.79 Å². The number of nitrogens with zero attached hydrogens (tertiary/aromatic N) is 1. The molecule has 0 heterocycles. The molecule has 0 fully saturated rings. The number of nitrogens with two attached hydrogens (primary N) is 1. The summed E-state index contributed by atoms with van der Waals surface area (Å²) in [6, 6.07) is 0. The van der Waals surface area contributed by atoms with E-state index in [4.69, 9.17) is 10.5 Å². The van der Waals surface area contributed by atoms with Crippen LogP contribution >= 0.6 is 0 Å². The monoisotopic (exact) mass is 222 g/mol. The second kappa shape index (κ2) is 6.61. The van der Waals surface area contributed by atoms with Gasteiger partial charge in [-0.15, -0.1) is 0 Å². The van der Waals surface area contributed by atoms with Gasteiger partial charge in [0.15, 0.2) is 0 Å². The van der Waals surface area contributed by atoms with Crippen LogP contribution in [0.2, 0.25) is 0 Å². The predicted molar refractivity (Wildman–Crippen MR) is 66.2 cm³/mol. The zero-order chi connectivity index (χ0) is 12.7. The fourth-order valence-corrected chi connectivity index (χ4v) is 1.24. The van der Waals surface area contributed by atoms with Crippen molar-refractivity contribution in [3.05, 3.63) is 35.1 Å². The molecular weight excluding hydrogens is 204 g/mol. The van der Waals surface area contributed by atoms with Crippen LogP contribution in [0.3, 0.4) is 0 Å². The molecule has 0 saturated heterocycles. The SMILES string of the molecule is C=C(C(C=NC)=CN)C(C(=O)OC)=C(C)C. The van der Waals surface area contributed by atoms with Crippen LogP contribution in [0.5, 0.6) is 0 Å². The molecule has 0 aromatic carbocycles. The van der Waals surface area contributed by atoms with Gasteiger partial charge in [0.25, 0.3) is 0 Å². The second-order valence-corrected chi connectivity index (χ2v) is 3.35. The van der Waals surface area contributed by atoms with E-state index in [9.17, 15) is 4.79 Å². The maximum absolute atomic E-state index is 11.6. The summed E-state index contributed by atoms with van der Waals surface area (Å²) in [5.41, 5.74) is 7.82. The zero-order valence-corrected chi connectivity index (χ0v) is 10.2. The van der Waals surface area contributed by atoms with Crippen LogP contribution in [0.4, 0.5) is 0 Å². The Labute approximate surface area is 96.2 Å². The van der Waals surface area contributed by atoms with Crippen molar-refractivity contribution in [3.8, 4) is 0 Å². The normalized spacial score (nSPS) is 11.4. The smallest absolute Gasteiger partial charge is 0.338 e. The number of allylic oxidation sites excluding steroid dienone is 2. The molecule has 0 aliphatic rings. The van der Waals surface area contributed by atoms with Crippen molar-refractivity contribution in [2.45, 2.75) is 13.8 Å². The molecule has 0 aliphatic heterocycles. The molecule has 0 unspecified atom stereocenters. The van der Waals surface area contributed by atoms with E-state index in [2.05, 4.69) is 11.6 Å². The summed E-state index contributed by atoms with van der Waals surface area (Å²) >= 11 is 0. The van der Waals surface area contributed by atoms with Gasteiger partial charge < -0.3 is 10.5 Å². The van der Waals surface area contributed by atoms with Crippen LogP contribution in [0.25, 0.3) is 0 Å². The lowest BCUT2D eigenvalue weighted by Gasteiger charge is -2.11. The molecule has 0 atom stereocenters. The molecule has 0 aliphatic carbocycles. The van der Waals surface area contributed by atoms with E-state index in [1.54, 1.807) is 13.3 Å². The van der Waals surface area contributed by atoms with E-state index in [1.165, 1.54) is 13.3 Å². The van der Waals surface area contributed by atoms with Crippen LogP contribution in [0.1, 0.15) is 13.8 Å². The van der Waals surface area contributed by atoms with Gasteiger partial charge in [0, 0.05) is 25.0 Å². The summed E-state index contributed by atoms with van der Waals surface area (Å²) in [7, 11) is 2.95. The highest BCUT2D eigenvalue weighted by atomic mass is 16.5. The number of methoxy groups -OCH3 is 1. The third-order valence-electron chi connectivity index (χ3n) is 1.99. The van der Waals surface area contributed by atoms with Crippen molar-refractivity contribution in [1.29, 1.82) is 0 Å². The van der Waals surface area contributed by atoms with E-state index in [-0.39, 0.29) is 0 Å². The Kier molecular flexibility index (Phi) is 5.85. The van der Waals surface area contributed by atoms with Crippen molar-refractivity contribution in [2.75, 3.05) is 14.2 Å². The molecule has 0 aromatic heterocycles. The van der Waals surface area contributed by atoms with Crippen LogP contribution in [-0.4, -0.2) is 26.3 Å². The minimum absolute atomic E-state index is 0.422. The van der Waals surface area contributed by atoms with Gasteiger partial charge in [-0.05, 0) is 19.4 Å². The molecule has 0 bridgehead atoms. The third-order valence-corrected chi connectivity index (χ3v) is 1.99. The fourth-order valence-electron chi connectivity index (χ4n) is 1.24. The standard InChI is InChI=1S/C12H18N2O2/c1-8(2)11(12(15)16-5)9(3)10(6-13)7-14-4/h6-7H,3,13H2,1-2,4-5H3. The first-order chi connectivity index (χ1) is 7.49. The molecular formula is C12H18N2O2. The minimum Gasteiger partial charge on any atom is -0.465 e. The molecule has 0 rings (SSSR count). The highest BCUT2D eigenvalue weighted by Crippen LogP contribution is 2.20. The van der Waals surface area contributed by atoms with E-state index < -0.39 is 5.97 Å². The fraction of sp³-hybridized carbons (Fsp3) is 0.333. The van der Waals surface area contributed by atoms with Gasteiger partial charge in [-0.1, -0.05) is 12.2 Å². The van der Waals surface area contributed by atoms with E-state index in [0.717, 1.165) is 5.57 Å². The van der Waals surface area contributed by atoms with Gasteiger partial charge in [-0.2, -0.15) is 0 Å². The molecule has 0 amide bonds. The third kappa shape index (κ3) is 3.38. The topological polar surface area (TPSA) is 64.7 Å². The Morgan fingerprint density at radius 2 is 2.00 bits per heavy atom. The summed E-state index contributed by atoms with van der Waals surface area (Å²) in [4.78, 5) is 15.4. The van der Waals surface area contributed by atoms with Crippen LogP contribution in [0.15, 0.2) is 40.1 Å². The number of carbonyl (C=O) groups excluding carboxylic acids is 1. The Bertz CT molecular complexity index is 372. The summed E-state index contributed by atoms with van der Waals surface area (Å²) in [5.74, 6) is -0.422. The van der Waals surface area contributed by atoms with E-state index >= 15 is 0 Å². The van der Waals surface area contributed by atoms with Gasteiger partial charge >= 0.3 is 5.97 Å². The maximum atomic E-state index is 11.6. The Morgan fingerprint density at radius 3 is 2.31 bits per heavy atom. The lowest BCUT2D eigenvalue weighted by atomic mass is 9.97. The quantitative estimate of drug-likeness (QED) is 0.340. The van der Waals surface area contributed by atoms with Gasteiger partial charge in [0.2, 0.25) is 0 Å². The maximum Gasteiger partial charge on any atom is 0.338 e. The zero-order valence-electron chi connectivity index (χ0n) is 10.2. The number of carbonyl (C=O) groups is 1. The number of hydrogen-bond acceptors (Lipinski definition) is 4. The first kappa shape index (κ1) is 14.2. The largest absolute Gasteiger partial charge is 0.465 e. The Balaban J connectivity index is 5.37. The average Bonchev–Trinajstić information content (AvgIpc) is 2.24. The summed E-state index contributed by atoms with van der Waals surface area (Å²) < 4.78 is 4.70. The van der Waals surface area contributed by atoms with Crippen LogP contribution in [-0.2, 0) is 9.53 Å². The molecule has 4 heteroatoms. The first-order valence-electron chi connectivity index (χ1n) is 4.79. The molecule has 0 radical (unpaired) electrons. The number of ether oxygens (including phenoxy) is 1. The molecule has 0 spiro atoms. The summed E-state index contributed by atoms with van der Waals surface area (Å²) in [5, 5.41) is 0. The summed E-state index contributed by atoms with van der Waals surface area (Å²) in [6.45, 7) is 7.47. The molecule has 0 aromatic rings. The van der Waals surface area contributed by atoms with Crippen LogP contribution in [0, 0.1) is 0 Å². The van der Waals surface area contributed by atoms with Crippen molar-refractivity contribution in [3.63, 3.8) is 0 Å². The average molecular weight is 222 g/mol. The van der Waals surface area contributed by atoms with Crippen molar-refractivity contribution in [2.24, 2.45) is 10.7 Å². The lowest BCUT2D eigenvalue weighted by Crippen LogP contribution is -2.11. The molecule has 0 saturated carbocycles. The number of rotatable bonds is 4. The highest BCUT2D eigenvalue weighted by Gasteiger charge is 2.17. The number of hydrogen-bond donors (Lipinski definition) is 1. The van der Waals surface area contributed by atoms with Crippen molar-refractivity contribution < 1.29 is 9.53 Å². The highest BCUT2D eigenvalue weighted by molar-refractivity contribution is 6.00. The second-order valence-electron chi connectivity index (χ2n) is 3.35. The predicted octanol–water partition coefficient (Wildman–Crippen LogP) is 1.60. The lowest BCUT2D eigenvalue weighted by molar-refractivity contribution is -0.135. The van der Waals surface area contributed by atoms with Gasteiger partial charge in [0.1, 0.15) is 0 Å². The Morgan fingerprint density at radius 1 is 1.44 bits per heavy atom.